The highest BCUT2D eigenvalue weighted by Gasteiger charge is 2.27. The van der Waals surface area contributed by atoms with E-state index in [9.17, 15) is 28.4 Å². The van der Waals surface area contributed by atoms with Crippen molar-refractivity contribution in [2.75, 3.05) is 13.7 Å². The van der Waals surface area contributed by atoms with Gasteiger partial charge in [0.1, 0.15) is 18.4 Å². The summed E-state index contributed by atoms with van der Waals surface area (Å²) in [6.07, 6.45) is 0. The molecule has 2 N–H and O–H groups in total. The molecular formula is C17H17BrN2O8S. The fraction of sp³-hybridized carbons (Fsp3) is 0.235. The lowest BCUT2D eigenvalue weighted by atomic mass is 10.2. The minimum absolute atomic E-state index is 0.104. The van der Waals surface area contributed by atoms with Crippen LogP contribution in [0.5, 0.6) is 5.75 Å². The van der Waals surface area contributed by atoms with Gasteiger partial charge in [-0.15, -0.1) is 0 Å². The second-order valence-corrected chi connectivity index (χ2v) is 8.30. The summed E-state index contributed by atoms with van der Waals surface area (Å²) in [6.45, 7) is -1.26. The number of hydrogen-bond donors (Lipinski definition) is 2. The number of nitro groups is 1. The number of non-ortho nitro benzene ring substituents is 1. The van der Waals surface area contributed by atoms with Crippen molar-refractivity contribution in [3.05, 3.63) is 62.6 Å². The molecule has 0 amide bonds. The van der Waals surface area contributed by atoms with Crippen LogP contribution in [-0.2, 0) is 26.2 Å². The van der Waals surface area contributed by atoms with Crippen LogP contribution in [0.1, 0.15) is 5.56 Å². The summed E-state index contributed by atoms with van der Waals surface area (Å²) in [5.74, 6) is -0.805. The predicted molar refractivity (Wildman–Crippen MR) is 105 cm³/mol. The Kier molecular flexibility index (Phi) is 7.67. The van der Waals surface area contributed by atoms with Crippen LogP contribution in [0.4, 0.5) is 5.69 Å². The van der Waals surface area contributed by atoms with Crippen LogP contribution in [0.25, 0.3) is 0 Å². The molecule has 2 rings (SSSR count). The van der Waals surface area contributed by atoms with E-state index >= 15 is 0 Å². The monoisotopic (exact) mass is 488 g/mol. The van der Waals surface area contributed by atoms with Gasteiger partial charge in [0.05, 0.1) is 23.5 Å². The molecule has 156 valence electrons. The van der Waals surface area contributed by atoms with Crippen molar-refractivity contribution in [1.29, 1.82) is 0 Å². The van der Waals surface area contributed by atoms with E-state index < -0.39 is 40.2 Å². The highest BCUT2D eigenvalue weighted by atomic mass is 79.9. The maximum absolute atomic E-state index is 12.4. The van der Waals surface area contributed by atoms with Gasteiger partial charge in [0.25, 0.3) is 5.69 Å². The number of methoxy groups -OCH3 is 1. The van der Waals surface area contributed by atoms with Crippen molar-refractivity contribution in [2.24, 2.45) is 0 Å². The number of nitrogens with zero attached hydrogens (tertiary/aromatic N) is 1. The van der Waals surface area contributed by atoms with Crippen LogP contribution >= 0.6 is 15.9 Å². The zero-order chi connectivity index (χ0) is 21.6. The van der Waals surface area contributed by atoms with Gasteiger partial charge in [-0.25, -0.2) is 8.42 Å². The predicted octanol–water partition coefficient (Wildman–Crippen LogP) is 1.75. The molecule has 0 heterocycles. The number of nitrogens with one attached hydrogen (secondary N) is 1. The zero-order valence-corrected chi connectivity index (χ0v) is 17.5. The Labute approximate surface area is 174 Å². The van der Waals surface area contributed by atoms with Gasteiger partial charge in [-0.3, -0.25) is 14.9 Å². The number of esters is 1. The molecule has 2 aromatic carbocycles. The normalized spacial score (nSPS) is 12.2. The summed E-state index contributed by atoms with van der Waals surface area (Å²) in [5.41, 5.74) is -0.0194. The maximum atomic E-state index is 12.4. The molecule has 0 aliphatic heterocycles. The SMILES string of the molecule is COc1ccc([N+](=O)[O-])cc1COC(=O)C(CO)NS(=O)(=O)c1ccc(Br)cc1. The molecule has 0 aliphatic rings. The van der Waals surface area contributed by atoms with Gasteiger partial charge < -0.3 is 14.6 Å². The van der Waals surface area contributed by atoms with Crippen molar-refractivity contribution in [3.63, 3.8) is 0 Å². The lowest BCUT2D eigenvalue weighted by Crippen LogP contribution is -2.44. The summed E-state index contributed by atoms with van der Waals surface area (Å²) >= 11 is 3.19. The van der Waals surface area contributed by atoms with Crippen molar-refractivity contribution in [1.82, 2.24) is 4.72 Å². The standard InChI is InChI=1S/C17H17BrN2O8S/c1-27-16-7-4-13(20(23)24)8-11(16)10-28-17(22)15(9-21)19-29(25,26)14-5-2-12(18)3-6-14/h2-8,15,19,21H,9-10H2,1H3. The fourth-order valence-corrected chi connectivity index (χ4v) is 3.71. The Morgan fingerprint density at radius 1 is 1.28 bits per heavy atom. The molecule has 0 fully saturated rings. The second-order valence-electron chi connectivity index (χ2n) is 5.67. The summed E-state index contributed by atoms with van der Waals surface area (Å²) in [6, 6.07) is 7.85. The van der Waals surface area contributed by atoms with E-state index in [1.807, 2.05) is 0 Å². The zero-order valence-electron chi connectivity index (χ0n) is 15.1. The van der Waals surface area contributed by atoms with Crippen molar-refractivity contribution >= 4 is 37.6 Å². The average molecular weight is 489 g/mol. The molecule has 1 unspecified atom stereocenters. The number of benzene rings is 2. The summed E-state index contributed by atoms with van der Waals surface area (Å²) in [5, 5.41) is 20.3. The molecular weight excluding hydrogens is 472 g/mol. The summed E-state index contributed by atoms with van der Waals surface area (Å²) in [7, 11) is -2.75. The smallest absolute Gasteiger partial charge is 0.326 e. The third-order valence-electron chi connectivity index (χ3n) is 3.73. The molecule has 0 aromatic heterocycles. The van der Waals surface area contributed by atoms with Crippen LogP contribution in [-0.4, -0.2) is 44.2 Å². The molecule has 0 saturated carbocycles. The van der Waals surface area contributed by atoms with Crippen molar-refractivity contribution < 1.29 is 32.7 Å². The number of sulfonamides is 1. The van der Waals surface area contributed by atoms with Crippen LogP contribution in [0.2, 0.25) is 0 Å². The Morgan fingerprint density at radius 2 is 1.93 bits per heavy atom. The first-order valence-corrected chi connectivity index (χ1v) is 10.3. The second kappa shape index (κ2) is 9.78. The first-order chi connectivity index (χ1) is 13.7. The van der Waals surface area contributed by atoms with Crippen LogP contribution in [0, 0.1) is 10.1 Å². The lowest BCUT2D eigenvalue weighted by molar-refractivity contribution is -0.385. The van der Waals surface area contributed by atoms with Gasteiger partial charge >= 0.3 is 5.97 Å². The molecule has 10 nitrogen and oxygen atoms in total. The van der Waals surface area contributed by atoms with Gasteiger partial charge in [0.2, 0.25) is 10.0 Å². The Bertz CT molecular complexity index is 995. The maximum Gasteiger partial charge on any atom is 0.326 e. The summed E-state index contributed by atoms with van der Waals surface area (Å²) < 4.78 is 37.6. The first-order valence-electron chi connectivity index (χ1n) is 8.04. The third kappa shape index (κ3) is 5.97. The number of ether oxygens (including phenoxy) is 2. The van der Waals surface area contributed by atoms with E-state index in [-0.39, 0.29) is 21.9 Å². The number of carbonyl (C=O) groups is 1. The number of rotatable bonds is 9. The largest absolute Gasteiger partial charge is 0.496 e. The highest BCUT2D eigenvalue weighted by Crippen LogP contribution is 2.25. The van der Waals surface area contributed by atoms with Gasteiger partial charge in [-0.1, -0.05) is 15.9 Å². The number of aliphatic hydroxyl groups excluding tert-OH is 1. The number of carbonyl (C=O) groups excluding carboxylic acids is 1. The van der Waals surface area contributed by atoms with E-state index in [4.69, 9.17) is 9.47 Å². The van der Waals surface area contributed by atoms with Crippen LogP contribution in [0.3, 0.4) is 0 Å². The molecule has 0 radical (unpaired) electrons. The van der Waals surface area contributed by atoms with E-state index in [0.717, 1.165) is 0 Å². The molecule has 0 aliphatic carbocycles. The van der Waals surface area contributed by atoms with Gasteiger partial charge in [-0.05, 0) is 30.3 Å². The Balaban J connectivity index is 2.11. The summed E-state index contributed by atoms with van der Waals surface area (Å²) in [4.78, 5) is 22.4. The van der Waals surface area contributed by atoms with E-state index in [1.54, 1.807) is 0 Å². The minimum atomic E-state index is -4.09. The number of hydrogen-bond acceptors (Lipinski definition) is 8. The molecule has 1 atom stereocenters. The van der Waals surface area contributed by atoms with Crippen LogP contribution < -0.4 is 9.46 Å². The van der Waals surface area contributed by atoms with Crippen molar-refractivity contribution in [3.8, 4) is 5.75 Å². The van der Waals surface area contributed by atoms with E-state index in [0.29, 0.717) is 4.47 Å². The first kappa shape index (κ1) is 22.7. The lowest BCUT2D eigenvalue weighted by Gasteiger charge is -2.16. The number of nitro benzene ring substituents is 1. The fourth-order valence-electron chi connectivity index (χ4n) is 2.27. The quantitative estimate of drug-likeness (QED) is 0.308. The highest BCUT2D eigenvalue weighted by molar-refractivity contribution is 9.10. The van der Waals surface area contributed by atoms with E-state index in [1.165, 1.54) is 49.6 Å². The Hall–Kier alpha value is -2.54. The average Bonchev–Trinajstić information content (AvgIpc) is 2.70. The molecule has 2 aromatic rings. The topological polar surface area (TPSA) is 145 Å². The van der Waals surface area contributed by atoms with Crippen molar-refractivity contribution in [2.45, 2.75) is 17.5 Å². The molecule has 29 heavy (non-hydrogen) atoms. The third-order valence-corrected chi connectivity index (χ3v) is 5.75. The molecule has 0 saturated heterocycles. The van der Waals surface area contributed by atoms with Crippen LogP contribution in [0.15, 0.2) is 51.8 Å². The van der Waals surface area contributed by atoms with Gasteiger partial charge in [0.15, 0.2) is 0 Å². The van der Waals surface area contributed by atoms with Gasteiger partial charge in [0, 0.05) is 22.2 Å². The number of aliphatic hydroxyl groups is 1. The molecule has 0 spiro atoms. The molecule has 0 bridgehead atoms. The van der Waals surface area contributed by atoms with Gasteiger partial charge in [-0.2, -0.15) is 4.72 Å². The minimum Gasteiger partial charge on any atom is -0.496 e. The van der Waals surface area contributed by atoms with E-state index in [2.05, 4.69) is 20.7 Å². The number of halogens is 1. The molecule has 12 heteroatoms. The Morgan fingerprint density at radius 3 is 2.48 bits per heavy atom.